The number of allylic oxidation sites excluding steroid dienone is 1. The van der Waals surface area contributed by atoms with Crippen LogP contribution >= 0.6 is 23.8 Å². The van der Waals surface area contributed by atoms with Gasteiger partial charge >= 0.3 is 0 Å². The number of nitriles is 1. The number of rotatable bonds is 6. The summed E-state index contributed by atoms with van der Waals surface area (Å²) in [4.78, 5) is 8.93. The van der Waals surface area contributed by atoms with Crippen LogP contribution in [0.15, 0.2) is 55.3 Å². The Kier molecular flexibility index (Phi) is 6.47. The molecule has 0 atom stereocenters. The number of aromatic nitrogens is 4. The molecule has 1 saturated heterocycles. The minimum Gasteiger partial charge on any atom is -0.354 e. The van der Waals surface area contributed by atoms with Gasteiger partial charge in [0.2, 0.25) is 0 Å². The molecule has 4 rings (SSSR count). The van der Waals surface area contributed by atoms with Crippen molar-refractivity contribution in [1.29, 1.82) is 5.26 Å². The molecule has 0 spiro atoms. The van der Waals surface area contributed by atoms with Crippen molar-refractivity contribution in [3.63, 3.8) is 0 Å². The average Bonchev–Trinajstić information content (AvgIpc) is 3.10. The minimum absolute atomic E-state index is 0.589. The highest BCUT2D eigenvalue weighted by Crippen LogP contribution is 2.22. The van der Waals surface area contributed by atoms with Crippen LogP contribution in [0.1, 0.15) is 5.56 Å². The lowest BCUT2D eigenvalue weighted by Crippen LogP contribution is -2.47. The monoisotopic (exact) mass is 451 g/mol. The number of halogens is 1. The molecular formula is C22H22ClN7S. The Morgan fingerprint density at radius 2 is 1.90 bits per heavy atom. The Morgan fingerprint density at radius 1 is 1.16 bits per heavy atom. The first-order valence-electron chi connectivity index (χ1n) is 9.97. The zero-order chi connectivity index (χ0) is 21.8. The van der Waals surface area contributed by atoms with E-state index in [1.807, 2.05) is 45.7 Å². The molecule has 0 aliphatic carbocycles. The van der Waals surface area contributed by atoms with Crippen LogP contribution in [0.3, 0.4) is 0 Å². The third kappa shape index (κ3) is 4.69. The Balaban J connectivity index is 1.49. The maximum Gasteiger partial charge on any atom is 0.199 e. The highest BCUT2D eigenvalue weighted by Gasteiger charge is 2.20. The van der Waals surface area contributed by atoms with Gasteiger partial charge in [-0.25, -0.2) is 9.67 Å². The zero-order valence-corrected chi connectivity index (χ0v) is 18.6. The summed E-state index contributed by atoms with van der Waals surface area (Å²) >= 11 is 11.8. The van der Waals surface area contributed by atoms with Gasteiger partial charge < -0.3 is 4.90 Å². The smallest absolute Gasteiger partial charge is 0.199 e. The summed E-state index contributed by atoms with van der Waals surface area (Å²) in [6.45, 7) is 8.41. The topological polar surface area (TPSA) is 65.9 Å². The summed E-state index contributed by atoms with van der Waals surface area (Å²) in [6.07, 6.45) is 3.51. The van der Waals surface area contributed by atoms with E-state index >= 15 is 0 Å². The van der Waals surface area contributed by atoms with Crippen molar-refractivity contribution in [3.8, 4) is 17.5 Å². The number of hydrogen-bond acceptors (Lipinski definition) is 6. The van der Waals surface area contributed by atoms with E-state index in [2.05, 4.69) is 27.4 Å². The van der Waals surface area contributed by atoms with Crippen LogP contribution in [0.4, 0.5) is 5.82 Å². The largest absolute Gasteiger partial charge is 0.354 e. The van der Waals surface area contributed by atoms with Gasteiger partial charge in [0.15, 0.2) is 10.6 Å². The number of nitrogens with zero attached hydrogens (tertiary/aromatic N) is 7. The SMILES string of the molecule is C=CCn1c(-c2ccc(Cl)cc2)nn(CN2CCN(c3cc(C#N)ccn3)CC2)c1=S. The lowest BCUT2D eigenvalue weighted by Gasteiger charge is -2.35. The average molecular weight is 452 g/mol. The Bertz CT molecular complexity index is 1170. The summed E-state index contributed by atoms with van der Waals surface area (Å²) in [7, 11) is 0. The van der Waals surface area contributed by atoms with Crippen LogP contribution in [0, 0.1) is 16.1 Å². The molecule has 0 N–H and O–H groups in total. The van der Waals surface area contributed by atoms with Crippen LogP contribution in [-0.2, 0) is 13.2 Å². The first-order chi connectivity index (χ1) is 15.1. The lowest BCUT2D eigenvalue weighted by molar-refractivity contribution is 0.194. The van der Waals surface area contributed by atoms with E-state index < -0.39 is 0 Å². The predicted octanol–water partition coefficient (Wildman–Crippen LogP) is 3.97. The minimum atomic E-state index is 0.589. The summed E-state index contributed by atoms with van der Waals surface area (Å²) < 4.78 is 4.52. The van der Waals surface area contributed by atoms with Crippen LogP contribution in [-0.4, -0.2) is 50.4 Å². The molecule has 0 unspecified atom stereocenters. The molecule has 7 nitrogen and oxygen atoms in total. The number of hydrogen-bond donors (Lipinski definition) is 0. The fourth-order valence-electron chi connectivity index (χ4n) is 3.61. The van der Waals surface area contributed by atoms with E-state index in [1.165, 1.54) is 0 Å². The van der Waals surface area contributed by atoms with Crippen molar-refractivity contribution in [3.05, 3.63) is 70.6 Å². The number of pyridine rings is 1. The van der Waals surface area contributed by atoms with Crippen LogP contribution in [0.5, 0.6) is 0 Å². The maximum absolute atomic E-state index is 9.11. The first kappa shape index (κ1) is 21.2. The Hall–Kier alpha value is -2.99. The molecule has 0 bridgehead atoms. The van der Waals surface area contributed by atoms with E-state index in [9.17, 15) is 0 Å². The fourth-order valence-corrected chi connectivity index (χ4v) is 3.99. The molecule has 3 aromatic rings. The normalized spacial score (nSPS) is 14.4. The van der Waals surface area contributed by atoms with Crippen molar-refractivity contribution < 1.29 is 0 Å². The second-order valence-electron chi connectivity index (χ2n) is 7.27. The molecule has 1 aromatic carbocycles. The first-order valence-corrected chi connectivity index (χ1v) is 10.8. The van der Waals surface area contributed by atoms with E-state index in [-0.39, 0.29) is 0 Å². The molecule has 1 aliphatic heterocycles. The molecule has 3 heterocycles. The van der Waals surface area contributed by atoms with Crippen LogP contribution < -0.4 is 4.90 Å². The molecule has 0 saturated carbocycles. The molecule has 31 heavy (non-hydrogen) atoms. The second-order valence-corrected chi connectivity index (χ2v) is 8.07. The van der Waals surface area contributed by atoms with Gasteiger partial charge in [-0.1, -0.05) is 17.7 Å². The lowest BCUT2D eigenvalue weighted by atomic mass is 10.2. The zero-order valence-electron chi connectivity index (χ0n) is 17.0. The van der Waals surface area contributed by atoms with E-state index in [0.717, 1.165) is 43.4 Å². The van der Waals surface area contributed by atoms with E-state index in [1.54, 1.807) is 12.3 Å². The van der Waals surface area contributed by atoms with Gasteiger partial charge in [0.1, 0.15) is 5.82 Å². The predicted molar refractivity (Wildman–Crippen MR) is 124 cm³/mol. The van der Waals surface area contributed by atoms with Gasteiger partial charge in [-0.3, -0.25) is 9.47 Å². The summed E-state index contributed by atoms with van der Waals surface area (Å²) in [5.74, 6) is 1.65. The van der Waals surface area contributed by atoms with Gasteiger partial charge in [-0.05, 0) is 48.6 Å². The second kappa shape index (κ2) is 9.43. The highest BCUT2D eigenvalue weighted by molar-refractivity contribution is 7.71. The molecule has 2 aromatic heterocycles. The highest BCUT2D eigenvalue weighted by atomic mass is 35.5. The van der Waals surface area contributed by atoms with Gasteiger partial charge in [-0.2, -0.15) is 10.4 Å². The van der Waals surface area contributed by atoms with Crippen molar-refractivity contribution in [1.82, 2.24) is 24.2 Å². The van der Waals surface area contributed by atoms with Gasteiger partial charge in [-0.15, -0.1) is 6.58 Å². The third-order valence-corrected chi connectivity index (χ3v) is 5.92. The molecule has 1 aliphatic rings. The summed E-state index contributed by atoms with van der Waals surface area (Å²) in [5, 5.41) is 14.6. The molecule has 0 amide bonds. The van der Waals surface area contributed by atoms with Crippen molar-refractivity contribution in [2.24, 2.45) is 0 Å². The fraction of sp³-hybridized carbons (Fsp3) is 0.273. The molecule has 1 fully saturated rings. The van der Waals surface area contributed by atoms with Crippen LogP contribution in [0.25, 0.3) is 11.4 Å². The molecule has 158 valence electrons. The van der Waals surface area contributed by atoms with Gasteiger partial charge in [0.05, 0.1) is 18.3 Å². The van der Waals surface area contributed by atoms with E-state index in [0.29, 0.717) is 28.6 Å². The summed E-state index contributed by atoms with van der Waals surface area (Å²) in [5.41, 5.74) is 1.59. The summed E-state index contributed by atoms with van der Waals surface area (Å²) in [6, 6.07) is 13.3. The number of piperazine rings is 1. The van der Waals surface area contributed by atoms with Gasteiger partial charge in [0.25, 0.3) is 0 Å². The van der Waals surface area contributed by atoms with E-state index in [4.69, 9.17) is 34.2 Å². The third-order valence-electron chi connectivity index (χ3n) is 5.24. The molecule has 0 radical (unpaired) electrons. The van der Waals surface area contributed by atoms with Crippen LogP contribution in [0.2, 0.25) is 5.02 Å². The number of benzene rings is 1. The van der Waals surface area contributed by atoms with Crippen molar-refractivity contribution in [2.75, 3.05) is 31.1 Å². The molecule has 9 heteroatoms. The van der Waals surface area contributed by atoms with Gasteiger partial charge in [0, 0.05) is 49.5 Å². The Labute approximate surface area is 191 Å². The standard InChI is InChI=1S/C22H22ClN7S/c1-2-9-29-21(18-3-5-19(23)6-4-18)26-30(22(29)31)16-27-10-12-28(13-11-27)20-14-17(15-24)7-8-25-20/h2-8,14H,1,9-13,16H2. The maximum atomic E-state index is 9.11. The quantitative estimate of drug-likeness (QED) is 0.417. The van der Waals surface area contributed by atoms with Crippen molar-refractivity contribution in [2.45, 2.75) is 13.2 Å². The van der Waals surface area contributed by atoms with Crippen molar-refractivity contribution >= 4 is 29.6 Å². The Morgan fingerprint density at radius 3 is 2.58 bits per heavy atom. The number of anilines is 1. The molecular weight excluding hydrogens is 430 g/mol.